The standard InChI is InChI=1S/C36H37F2N5O8/c1-20(41-34(46)51-35(2,3)4)11-14-47-27-18-25-28(30-29(27)48-15-16-49-30)31(40-19-39-25)50-26-10-9-23(17-24(26)38)43-33(45)36(12-13-36)32(44)42-22-7-5-21(37)6-8-22/h5-10,17-20H,11-16H2,1-4H3,(H,41,46)(H,42,44)(H,43,45)/t20-/m1/s1. The Morgan fingerprint density at radius 3 is 2.24 bits per heavy atom. The topological polar surface area (TPSA) is 159 Å². The van der Waals surface area contributed by atoms with Crippen molar-refractivity contribution in [2.45, 2.75) is 58.6 Å². The monoisotopic (exact) mass is 705 g/mol. The minimum Gasteiger partial charge on any atom is -0.489 e. The molecule has 1 aliphatic heterocycles. The van der Waals surface area contributed by atoms with Crippen molar-refractivity contribution in [2.75, 3.05) is 30.5 Å². The smallest absolute Gasteiger partial charge is 0.407 e. The van der Waals surface area contributed by atoms with Gasteiger partial charge in [0.1, 0.15) is 41.8 Å². The van der Waals surface area contributed by atoms with Gasteiger partial charge in [-0.25, -0.2) is 23.5 Å². The summed E-state index contributed by atoms with van der Waals surface area (Å²) in [5.74, 6) is -1.65. The predicted octanol–water partition coefficient (Wildman–Crippen LogP) is 6.51. The van der Waals surface area contributed by atoms with E-state index in [4.69, 9.17) is 23.7 Å². The van der Waals surface area contributed by atoms with Gasteiger partial charge < -0.3 is 39.6 Å². The number of ether oxygens (including phenoxy) is 5. The van der Waals surface area contributed by atoms with E-state index in [1.54, 1.807) is 26.8 Å². The van der Waals surface area contributed by atoms with E-state index < -0.39 is 40.6 Å². The molecule has 0 bridgehead atoms. The van der Waals surface area contributed by atoms with Gasteiger partial charge in [0, 0.05) is 36.0 Å². The summed E-state index contributed by atoms with van der Waals surface area (Å²) in [4.78, 5) is 46.7. The molecule has 3 amide bonds. The number of anilines is 2. The van der Waals surface area contributed by atoms with Crippen LogP contribution >= 0.6 is 0 Å². The fourth-order valence-electron chi connectivity index (χ4n) is 5.28. The number of halogens is 2. The molecule has 1 aromatic heterocycles. The van der Waals surface area contributed by atoms with E-state index >= 15 is 4.39 Å². The molecule has 0 saturated heterocycles. The van der Waals surface area contributed by atoms with E-state index in [1.165, 1.54) is 42.7 Å². The number of benzene rings is 3. The summed E-state index contributed by atoms with van der Waals surface area (Å²) in [6, 6.07) is 10.4. The van der Waals surface area contributed by atoms with Crippen molar-refractivity contribution < 1.29 is 46.8 Å². The van der Waals surface area contributed by atoms with Gasteiger partial charge in [0.25, 0.3) is 0 Å². The Labute approximate surface area is 292 Å². The third kappa shape index (κ3) is 8.19. The third-order valence-electron chi connectivity index (χ3n) is 8.03. The van der Waals surface area contributed by atoms with E-state index in [2.05, 4.69) is 25.9 Å². The largest absolute Gasteiger partial charge is 0.489 e. The number of nitrogens with zero attached hydrogens (tertiary/aromatic N) is 2. The number of carbonyl (C=O) groups is 3. The van der Waals surface area contributed by atoms with Crippen LogP contribution in [0.15, 0.2) is 54.9 Å². The summed E-state index contributed by atoms with van der Waals surface area (Å²) in [7, 11) is 0. The first-order valence-electron chi connectivity index (χ1n) is 16.4. The van der Waals surface area contributed by atoms with Gasteiger partial charge in [-0.2, -0.15) is 0 Å². The van der Waals surface area contributed by atoms with Crippen molar-refractivity contribution >= 4 is 40.2 Å². The van der Waals surface area contributed by atoms with Crippen LogP contribution in [0.5, 0.6) is 28.9 Å². The zero-order valence-corrected chi connectivity index (χ0v) is 28.4. The molecule has 268 valence electrons. The molecule has 15 heteroatoms. The first kappa shape index (κ1) is 35.1. The highest BCUT2D eigenvalue weighted by Gasteiger charge is 2.56. The van der Waals surface area contributed by atoms with Gasteiger partial charge in [-0.05, 0) is 76.9 Å². The Kier molecular flexibility index (Phi) is 9.81. The number of fused-ring (bicyclic) bond motifs is 3. The van der Waals surface area contributed by atoms with Crippen molar-refractivity contribution in [1.82, 2.24) is 15.3 Å². The number of alkyl carbamates (subject to hydrolysis) is 1. The van der Waals surface area contributed by atoms with E-state index in [1.807, 2.05) is 6.92 Å². The summed E-state index contributed by atoms with van der Waals surface area (Å²) in [5, 5.41) is 8.35. The maximum Gasteiger partial charge on any atom is 0.407 e. The highest BCUT2D eigenvalue weighted by molar-refractivity contribution is 6.16. The van der Waals surface area contributed by atoms with Gasteiger partial charge in [0.15, 0.2) is 23.1 Å². The van der Waals surface area contributed by atoms with Crippen LogP contribution in [0.3, 0.4) is 0 Å². The van der Waals surface area contributed by atoms with Crippen LogP contribution in [-0.2, 0) is 14.3 Å². The van der Waals surface area contributed by atoms with Crippen LogP contribution < -0.4 is 34.9 Å². The van der Waals surface area contributed by atoms with E-state index in [-0.39, 0.29) is 48.9 Å². The molecule has 1 saturated carbocycles. The molecule has 1 atom stereocenters. The zero-order valence-electron chi connectivity index (χ0n) is 28.4. The molecule has 0 spiro atoms. The van der Waals surface area contributed by atoms with Crippen molar-refractivity contribution in [3.63, 3.8) is 0 Å². The second kappa shape index (κ2) is 14.2. The number of nitrogens with one attached hydrogen (secondary N) is 3. The van der Waals surface area contributed by atoms with E-state index in [0.29, 0.717) is 47.4 Å². The molecule has 3 N–H and O–H groups in total. The summed E-state index contributed by atoms with van der Waals surface area (Å²) in [5.41, 5.74) is -1.08. The fraction of sp³-hybridized carbons (Fsp3) is 0.361. The van der Waals surface area contributed by atoms with Crippen LogP contribution in [0.1, 0.15) is 47.0 Å². The van der Waals surface area contributed by atoms with Crippen molar-refractivity contribution in [3.05, 3.63) is 66.5 Å². The lowest BCUT2D eigenvalue weighted by atomic mass is 10.0. The second-order valence-electron chi connectivity index (χ2n) is 13.2. The zero-order chi connectivity index (χ0) is 36.3. The van der Waals surface area contributed by atoms with Crippen molar-refractivity contribution in [1.29, 1.82) is 0 Å². The summed E-state index contributed by atoms with van der Waals surface area (Å²) < 4.78 is 57.7. The Bertz CT molecular complexity index is 1960. The minimum absolute atomic E-state index is 0.00596. The minimum atomic E-state index is -1.32. The predicted molar refractivity (Wildman–Crippen MR) is 181 cm³/mol. The van der Waals surface area contributed by atoms with Gasteiger partial charge >= 0.3 is 6.09 Å². The summed E-state index contributed by atoms with van der Waals surface area (Å²) in [6.45, 7) is 7.89. The molecular weight excluding hydrogens is 668 g/mol. The quantitative estimate of drug-likeness (QED) is 0.147. The Balaban J connectivity index is 1.14. The second-order valence-corrected chi connectivity index (χ2v) is 13.2. The van der Waals surface area contributed by atoms with Gasteiger partial charge in [-0.1, -0.05) is 0 Å². The molecule has 3 aromatic carbocycles. The normalized spacial score (nSPS) is 14.9. The molecule has 0 unspecified atom stereocenters. The first-order valence-corrected chi connectivity index (χ1v) is 16.4. The van der Waals surface area contributed by atoms with E-state index in [9.17, 15) is 18.8 Å². The molecule has 2 heterocycles. The SMILES string of the molecule is C[C@H](CCOc1cc2ncnc(Oc3ccc(NC(=O)C4(C(=O)Nc5ccc(F)cc5)CC4)cc3F)c2c2c1OCCO2)NC(=O)OC(C)(C)C. The summed E-state index contributed by atoms with van der Waals surface area (Å²) >= 11 is 0. The highest BCUT2D eigenvalue weighted by Crippen LogP contribution is 2.49. The number of rotatable bonds is 11. The molecule has 1 aliphatic carbocycles. The van der Waals surface area contributed by atoms with Crippen LogP contribution in [0.4, 0.5) is 25.0 Å². The van der Waals surface area contributed by atoms with E-state index in [0.717, 1.165) is 6.07 Å². The lowest BCUT2D eigenvalue weighted by Gasteiger charge is -2.24. The average Bonchev–Trinajstić information content (AvgIpc) is 3.89. The maximum absolute atomic E-state index is 15.4. The molecular formula is C36H37F2N5O8. The molecule has 0 radical (unpaired) electrons. The number of hydrogen-bond donors (Lipinski definition) is 3. The van der Waals surface area contributed by atoms with Gasteiger partial charge in [0.05, 0.1) is 12.1 Å². The van der Waals surface area contributed by atoms with Crippen LogP contribution in [0, 0.1) is 17.0 Å². The number of aromatic nitrogens is 2. The lowest BCUT2D eigenvalue weighted by molar-refractivity contribution is -0.131. The molecule has 6 rings (SSSR count). The van der Waals surface area contributed by atoms with Crippen LogP contribution in [-0.4, -0.2) is 59.3 Å². The van der Waals surface area contributed by atoms with Crippen LogP contribution in [0.2, 0.25) is 0 Å². The Morgan fingerprint density at radius 1 is 0.902 bits per heavy atom. The molecule has 51 heavy (non-hydrogen) atoms. The van der Waals surface area contributed by atoms with Gasteiger partial charge in [-0.3, -0.25) is 9.59 Å². The average molecular weight is 706 g/mol. The van der Waals surface area contributed by atoms with Crippen LogP contribution in [0.25, 0.3) is 10.9 Å². The molecule has 2 aliphatic rings. The summed E-state index contributed by atoms with van der Waals surface area (Å²) in [6.07, 6.45) is 1.81. The first-order chi connectivity index (χ1) is 24.3. The molecule has 4 aromatic rings. The van der Waals surface area contributed by atoms with Crippen molar-refractivity contribution in [3.8, 4) is 28.9 Å². The maximum atomic E-state index is 15.4. The fourth-order valence-corrected chi connectivity index (χ4v) is 5.28. The Hall–Kier alpha value is -5.73. The molecule has 13 nitrogen and oxygen atoms in total. The number of hydrogen-bond acceptors (Lipinski definition) is 10. The highest BCUT2D eigenvalue weighted by atomic mass is 19.1. The molecule has 1 fully saturated rings. The Morgan fingerprint density at radius 2 is 1.57 bits per heavy atom. The van der Waals surface area contributed by atoms with Crippen molar-refractivity contribution in [2.24, 2.45) is 5.41 Å². The van der Waals surface area contributed by atoms with Gasteiger partial charge in [0.2, 0.25) is 23.4 Å². The third-order valence-corrected chi connectivity index (χ3v) is 8.03. The number of carbonyl (C=O) groups excluding carboxylic acids is 3. The number of amides is 3. The van der Waals surface area contributed by atoms with Gasteiger partial charge in [-0.15, -0.1) is 0 Å². The lowest BCUT2D eigenvalue weighted by Crippen LogP contribution is -2.38.